The molecule has 4 heteroatoms. The van der Waals surface area contributed by atoms with Crippen molar-refractivity contribution in [1.82, 2.24) is 0 Å². The van der Waals surface area contributed by atoms with Crippen LogP contribution in [-0.2, 0) is 27.1 Å². The molecule has 3 heterocycles. The Morgan fingerprint density at radius 1 is 0.500 bits per heavy atom. The van der Waals surface area contributed by atoms with Crippen LogP contribution in [0.2, 0.25) is 0 Å². The molecule has 0 amide bonds. The highest BCUT2D eigenvalue weighted by Gasteiger charge is 2.49. The van der Waals surface area contributed by atoms with Crippen molar-refractivity contribution in [2.45, 2.75) is 130 Å². The number of hydrogen-bond donors (Lipinski definition) is 0. The molecular formula is C58H63BN2O. The Bertz CT molecular complexity index is 2910. The van der Waals surface area contributed by atoms with Crippen LogP contribution in [0.5, 0.6) is 0 Å². The van der Waals surface area contributed by atoms with Gasteiger partial charge in [-0.05, 0) is 133 Å². The minimum absolute atomic E-state index is 0.0286. The smallest absolute Gasteiger partial charge is 0.257 e. The second-order valence-electron chi connectivity index (χ2n) is 23.0. The second-order valence-corrected chi connectivity index (χ2v) is 23.0. The number of fused-ring (bicyclic) bond motifs is 7. The maximum atomic E-state index is 7.29. The number of rotatable bonds is 3. The molecule has 6 aromatic carbocycles. The predicted octanol–water partition coefficient (Wildman–Crippen LogP) is 14.4. The Balaban J connectivity index is 1.37. The van der Waals surface area contributed by atoms with Crippen LogP contribution in [0, 0.1) is 0 Å². The third-order valence-electron chi connectivity index (χ3n) is 14.6. The van der Waals surface area contributed by atoms with Crippen LogP contribution in [0.1, 0.15) is 131 Å². The third-order valence-corrected chi connectivity index (χ3v) is 14.6. The molecule has 0 unspecified atom stereocenters. The average molecular weight is 815 g/mol. The first-order valence-electron chi connectivity index (χ1n) is 22.9. The van der Waals surface area contributed by atoms with Gasteiger partial charge in [0.1, 0.15) is 5.58 Å². The van der Waals surface area contributed by atoms with Gasteiger partial charge in [0.25, 0.3) is 6.71 Å². The molecule has 0 spiro atoms. The standard InChI is InChI=1S/C58H63BN2O/c1-54(2,3)37-23-26-40(27-24-37)60-47-35-44-43(57(10,11)29-30-58(44,12)13)34-45(47)59-51-41-21-17-18-22-50(41)62-53(51)61(49-33-39(56(7,8)9)32-48(60)52(49)59)46-28-25-38(55(4,5)6)31-42(46)36-19-15-14-16-20-36/h14-28,31-35H,29-30H2,1-13H3. The van der Waals surface area contributed by atoms with E-state index in [1.165, 1.54) is 83.5 Å². The fourth-order valence-electron chi connectivity index (χ4n) is 10.6. The van der Waals surface area contributed by atoms with Crippen LogP contribution in [-0.4, -0.2) is 6.71 Å². The van der Waals surface area contributed by atoms with E-state index in [9.17, 15) is 0 Å². The summed E-state index contributed by atoms with van der Waals surface area (Å²) < 4.78 is 7.29. The number of furan rings is 1. The van der Waals surface area contributed by atoms with Crippen molar-refractivity contribution in [1.29, 1.82) is 0 Å². The summed E-state index contributed by atoms with van der Waals surface area (Å²) >= 11 is 0. The highest BCUT2D eigenvalue weighted by molar-refractivity contribution is 7.01. The first-order valence-corrected chi connectivity index (χ1v) is 22.9. The van der Waals surface area contributed by atoms with Gasteiger partial charge in [0.15, 0.2) is 0 Å². The van der Waals surface area contributed by atoms with Crippen LogP contribution in [0.4, 0.5) is 34.3 Å². The van der Waals surface area contributed by atoms with Crippen molar-refractivity contribution in [2.24, 2.45) is 0 Å². The van der Waals surface area contributed by atoms with Gasteiger partial charge in [0.2, 0.25) is 5.88 Å². The van der Waals surface area contributed by atoms with Gasteiger partial charge in [0.05, 0.1) is 5.69 Å². The summed E-state index contributed by atoms with van der Waals surface area (Å²) in [6.45, 7) is 30.7. The Morgan fingerprint density at radius 3 is 1.69 bits per heavy atom. The maximum Gasteiger partial charge on any atom is 0.257 e. The molecule has 314 valence electrons. The summed E-state index contributed by atoms with van der Waals surface area (Å²) in [5.74, 6) is 0.910. The van der Waals surface area contributed by atoms with Crippen molar-refractivity contribution < 1.29 is 4.42 Å². The van der Waals surface area contributed by atoms with E-state index in [1.807, 2.05) is 0 Å². The molecule has 7 aromatic rings. The number of benzene rings is 6. The minimum Gasteiger partial charge on any atom is -0.440 e. The summed E-state index contributed by atoms with van der Waals surface area (Å²) in [4.78, 5) is 5.11. The van der Waals surface area contributed by atoms with Crippen LogP contribution in [0.15, 0.2) is 126 Å². The molecule has 0 fully saturated rings. The lowest BCUT2D eigenvalue weighted by molar-refractivity contribution is 0.332. The molecule has 0 bridgehead atoms. The lowest BCUT2D eigenvalue weighted by Crippen LogP contribution is -2.61. The molecule has 3 nitrogen and oxygen atoms in total. The highest BCUT2D eigenvalue weighted by Crippen LogP contribution is 2.53. The molecule has 0 radical (unpaired) electrons. The van der Waals surface area contributed by atoms with E-state index in [-0.39, 0.29) is 33.8 Å². The zero-order valence-electron chi connectivity index (χ0n) is 39.3. The third kappa shape index (κ3) is 6.30. The monoisotopic (exact) mass is 815 g/mol. The number of hydrogen-bond acceptors (Lipinski definition) is 3. The molecule has 1 aliphatic carbocycles. The Labute approximate surface area is 371 Å². The summed E-state index contributed by atoms with van der Waals surface area (Å²) in [6, 6.07) is 46.5. The van der Waals surface area contributed by atoms with E-state index in [4.69, 9.17) is 4.42 Å². The summed E-state index contributed by atoms with van der Waals surface area (Å²) in [5.41, 5.74) is 20.1. The van der Waals surface area contributed by atoms with Gasteiger partial charge in [-0.3, -0.25) is 4.90 Å². The molecule has 0 saturated carbocycles. The first-order chi connectivity index (χ1) is 29.1. The lowest BCUT2D eigenvalue weighted by atomic mass is 9.33. The van der Waals surface area contributed by atoms with Gasteiger partial charge in [-0.2, -0.15) is 0 Å². The van der Waals surface area contributed by atoms with Gasteiger partial charge < -0.3 is 9.32 Å². The molecule has 3 aliphatic rings. The van der Waals surface area contributed by atoms with Crippen LogP contribution < -0.4 is 26.2 Å². The van der Waals surface area contributed by atoms with E-state index in [0.29, 0.717) is 0 Å². The van der Waals surface area contributed by atoms with E-state index < -0.39 is 0 Å². The fraction of sp³-hybridized carbons (Fsp3) is 0.345. The summed E-state index contributed by atoms with van der Waals surface area (Å²) in [7, 11) is 0. The first kappa shape index (κ1) is 40.6. The zero-order valence-corrected chi connectivity index (χ0v) is 39.3. The SMILES string of the molecule is CC(C)(C)c1ccc(N2c3cc4c(cc3B3c5c2cc(C(C)(C)C)cc5N(c2ccc(C(C)(C)C)cc2-c2ccccc2)c2oc5ccccc5c23)C(C)(C)CCC4(C)C)cc1. The largest absolute Gasteiger partial charge is 0.440 e. The fourth-order valence-corrected chi connectivity index (χ4v) is 10.6. The molecule has 62 heavy (non-hydrogen) atoms. The van der Waals surface area contributed by atoms with Crippen molar-refractivity contribution in [2.75, 3.05) is 9.80 Å². The predicted molar refractivity (Wildman–Crippen MR) is 267 cm³/mol. The highest BCUT2D eigenvalue weighted by atomic mass is 16.4. The molecule has 1 aromatic heterocycles. The lowest BCUT2D eigenvalue weighted by Gasteiger charge is -2.47. The molecule has 0 saturated heterocycles. The average Bonchev–Trinajstić information content (AvgIpc) is 3.60. The second kappa shape index (κ2) is 13.5. The van der Waals surface area contributed by atoms with Gasteiger partial charge in [-0.1, -0.05) is 163 Å². The quantitative estimate of drug-likeness (QED) is 0.166. The topological polar surface area (TPSA) is 19.6 Å². The van der Waals surface area contributed by atoms with Gasteiger partial charge in [-0.25, -0.2) is 0 Å². The molecular weight excluding hydrogens is 751 g/mol. The van der Waals surface area contributed by atoms with Crippen LogP contribution >= 0.6 is 0 Å². The van der Waals surface area contributed by atoms with E-state index >= 15 is 0 Å². The number of para-hydroxylation sites is 1. The van der Waals surface area contributed by atoms with E-state index in [0.717, 1.165) is 30.0 Å². The summed E-state index contributed by atoms with van der Waals surface area (Å²) in [6.07, 6.45) is 2.32. The number of anilines is 6. The molecule has 10 rings (SSSR count). The van der Waals surface area contributed by atoms with Gasteiger partial charge >= 0.3 is 0 Å². The van der Waals surface area contributed by atoms with Gasteiger partial charge in [-0.15, -0.1) is 0 Å². The molecule has 0 N–H and O–H groups in total. The van der Waals surface area contributed by atoms with Gasteiger partial charge in [0, 0.05) is 39.2 Å². The van der Waals surface area contributed by atoms with Crippen LogP contribution in [0.25, 0.3) is 22.1 Å². The van der Waals surface area contributed by atoms with Crippen LogP contribution in [0.3, 0.4) is 0 Å². The van der Waals surface area contributed by atoms with E-state index in [2.05, 4.69) is 221 Å². The Hall–Kier alpha value is -5.48. The summed E-state index contributed by atoms with van der Waals surface area (Å²) in [5, 5.41) is 1.17. The minimum atomic E-state index is -0.136. The Kier molecular flexibility index (Phi) is 8.85. The zero-order chi connectivity index (χ0) is 43.9. The van der Waals surface area contributed by atoms with E-state index in [1.54, 1.807) is 0 Å². The van der Waals surface area contributed by atoms with Crippen molar-refractivity contribution >= 4 is 68.4 Å². The van der Waals surface area contributed by atoms with Crippen molar-refractivity contribution in [3.63, 3.8) is 0 Å². The number of nitrogens with zero attached hydrogens (tertiary/aromatic N) is 2. The molecule has 0 atom stereocenters. The molecule has 2 aliphatic heterocycles. The van der Waals surface area contributed by atoms with Crippen molar-refractivity contribution in [3.05, 3.63) is 149 Å². The Morgan fingerprint density at radius 2 is 1.06 bits per heavy atom. The normalized spacial score (nSPS) is 16.5. The van der Waals surface area contributed by atoms with Crippen molar-refractivity contribution in [3.8, 4) is 11.1 Å². The maximum absolute atomic E-state index is 7.29.